The fraction of sp³-hybridized carbons (Fsp3) is 0.353. The van der Waals surface area contributed by atoms with Crippen LogP contribution < -0.4 is 5.32 Å². The van der Waals surface area contributed by atoms with Crippen LogP contribution in [0.4, 0.5) is 5.82 Å². The van der Waals surface area contributed by atoms with E-state index in [1.165, 1.54) is 5.56 Å². The summed E-state index contributed by atoms with van der Waals surface area (Å²) in [5, 5.41) is 19.2. The molecule has 0 unspecified atom stereocenters. The average molecular weight is 292 g/mol. The first-order valence-corrected chi connectivity index (χ1v) is 7.68. The van der Waals surface area contributed by atoms with Crippen LogP contribution in [0.25, 0.3) is 0 Å². The maximum absolute atomic E-state index is 12.6. The van der Waals surface area contributed by atoms with Gasteiger partial charge in [-0.3, -0.25) is 9.89 Å². The molecule has 0 saturated heterocycles. The molecule has 22 heavy (non-hydrogen) atoms. The minimum Gasteiger partial charge on any atom is -0.304 e. The molecule has 5 heteroatoms. The number of aromatic nitrogens is 2. The van der Waals surface area contributed by atoms with Gasteiger partial charge in [-0.15, -0.1) is 0 Å². The number of rotatable bonds is 3. The maximum Gasteiger partial charge on any atom is 0.257 e. The van der Waals surface area contributed by atoms with Gasteiger partial charge >= 0.3 is 0 Å². The third-order valence-corrected chi connectivity index (χ3v) is 4.51. The molecule has 110 valence electrons. The van der Waals surface area contributed by atoms with E-state index in [4.69, 9.17) is 0 Å². The molecule has 0 aliphatic heterocycles. The fourth-order valence-corrected chi connectivity index (χ4v) is 3.23. The lowest BCUT2D eigenvalue weighted by Crippen LogP contribution is -2.15. The third-order valence-electron chi connectivity index (χ3n) is 4.51. The van der Waals surface area contributed by atoms with Crippen LogP contribution >= 0.6 is 0 Å². The highest BCUT2D eigenvalue weighted by Gasteiger charge is 2.30. The molecule has 0 radical (unpaired) electrons. The SMILES string of the molecule is N#Cc1c(NC(=O)c2cccc3c2CCC3)n[nH]c1C1CC1. The molecular formula is C17H16N4O. The van der Waals surface area contributed by atoms with Gasteiger partial charge in [-0.25, -0.2) is 0 Å². The highest BCUT2D eigenvalue weighted by molar-refractivity contribution is 6.05. The van der Waals surface area contributed by atoms with E-state index in [1.807, 2.05) is 12.1 Å². The van der Waals surface area contributed by atoms with E-state index in [-0.39, 0.29) is 5.91 Å². The van der Waals surface area contributed by atoms with Crippen LogP contribution in [-0.2, 0) is 12.8 Å². The molecule has 1 aromatic carbocycles. The highest BCUT2D eigenvalue weighted by atomic mass is 16.1. The second-order valence-electron chi connectivity index (χ2n) is 6.00. The van der Waals surface area contributed by atoms with Gasteiger partial charge in [0.15, 0.2) is 5.82 Å². The minimum atomic E-state index is -0.177. The van der Waals surface area contributed by atoms with Crippen molar-refractivity contribution in [3.63, 3.8) is 0 Å². The first-order chi connectivity index (χ1) is 10.8. The summed E-state index contributed by atoms with van der Waals surface area (Å²) < 4.78 is 0. The number of aromatic amines is 1. The molecule has 2 aromatic rings. The van der Waals surface area contributed by atoms with Crippen molar-refractivity contribution >= 4 is 11.7 Å². The Morgan fingerprint density at radius 2 is 2.23 bits per heavy atom. The number of nitrogens with zero attached hydrogens (tertiary/aromatic N) is 2. The van der Waals surface area contributed by atoms with Crippen molar-refractivity contribution in [3.8, 4) is 6.07 Å². The van der Waals surface area contributed by atoms with Crippen LogP contribution in [-0.4, -0.2) is 16.1 Å². The van der Waals surface area contributed by atoms with Crippen LogP contribution in [0.2, 0.25) is 0 Å². The summed E-state index contributed by atoms with van der Waals surface area (Å²) in [4.78, 5) is 12.6. The summed E-state index contributed by atoms with van der Waals surface area (Å²) in [6.45, 7) is 0. The Morgan fingerprint density at radius 1 is 1.36 bits per heavy atom. The van der Waals surface area contributed by atoms with E-state index in [1.54, 1.807) is 0 Å². The van der Waals surface area contributed by atoms with Gasteiger partial charge in [-0.2, -0.15) is 10.4 Å². The Kier molecular flexibility index (Phi) is 2.97. The summed E-state index contributed by atoms with van der Waals surface area (Å²) in [6.07, 6.45) is 5.23. The summed E-state index contributed by atoms with van der Waals surface area (Å²) >= 11 is 0. The van der Waals surface area contributed by atoms with Gasteiger partial charge in [0.1, 0.15) is 11.6 Å². The molecule has 2 N–H and O–H groups in total. The molecule has 0 bridgehead atoms. The number of H-pyrrole nitrogens is 1. The molecular weight excluding hydrogens is 276 g/mol. The smallest absolute Gasteiger partial charge is 0.257 e. The molecule has 1 saturated carbocycles. The summed E-state index contributed by atoms with van der Waals surface area (Å²) in [6, 6.07) is 8.02. The number of hydrogen-bond donors (Lipinski definition) is 2. The summed E-state index contributed by atoms with van der Waals surface area (Å²) in [5.41, 5.74) is 4.43. The number of anilines is 1. The van der Waals surface area contributed by atoms with E-state index in [0.717, 1.165) is 43.4 Å². The highest BCUT2D eigenvalue weighted by Crippen LogP contribution is 2.41. The lowest BCUT2D eigenvalue weighted by molar-refractivity contribution is 0.102. The molecule has 5 nitrogen and oxygen atoms in total. The largest absolute Gasteiger partial charge is 0.304 e. The molecule has 1 fully saturated rings. The molecule has 1 amide bonds. The summed E-state index contributed by atoms with van der Waals surface area (Å²) in [5.74, 6) is 0.572. The van der Waals surface area contributed by atoms with Crippen molar-refractivity contribution in [1.82, 2.24) is 10.2 Å². The monoisotopic (exact) mass is 292 g/mol. The van der Waals surface area contributed by atoms with Gasteiger partial charge in [0.2, 0.25) is 0 Å². The molecule has 2 aliphatic carbocycles. The van der Waals surface area contributed by atoms with Gasteiger partial charge in [-0.1, -0.05) is 12.1 Å². The van der Waals surface area contributed by atoms with Gasteiger partial charge < -0.3 is 5.32 Å². The Bertz CT molecular complexity index is 795. The zero-order chi connectivity index (χ0) is 15.1. The molecule has 4 rings (SSSR count). The average Bonchev–Trinajstić information content (AvgIpc) is 3.11. The third kappa shape index (κ3) is 2.08. The number of hydrogen-bond acceptors (Lipinski definition) is 3. The zero-order valence-corrected chi connectivity index (χ0v) is 12.1. The van der Waals surface area contributed by atoms with Crippen LogP contribution in [0.5, 0.6) is 0 Å². The number of carbonyl (C=O) groups excluding carboxylic acids is 1. The van der Waals surface area contributed by atoms with Crippen LogP contribution in [0.3, 0.4) is 0 Å². The lowest BCUT2D eigenvalue weighted by Gasteiger charge is -2.08. The molecule has 0 spiro atoms. The number of carbonyl (C=O) groups is 1. The van der Waals surface area contributed by atoms with Crippen LogP contribution in [0.15, 0.2) is 18.2 Å². The molecule has 1 aromatic heterocycles. The lowest BCUT2D eigenvalue weighted by atomic mass is 10.0. The van der Waals surface area contributed by atoms with E-state index in [9.17, 15) is 10.1 Å². The Balaban J connectivity index is 1.63. The second-order valence-corrected chi connectivity index (χ2v) is 6.00. The molecule has 1 heterocycles. The first kappa shape index (κ1) is 13.1. The van der Waals surface area contributed by atoms with Crippen LogP contribution in [0, 0.1) is 11.3 Å². The molecule has 2 aliphatic rings. The predicted molar refractivity (Wildman–Crippen MR) is 81.7 cm³/mol. The number of nitriles is 1. The maximum atomic E-state index is 12.6. The van der Waals surface area contributed by atoms with Crippen molar-refractivity contribution in [2.24, 2.45) is 0 Å². The summed E-state index contributed by atoms with van der Waals surface area (Å²) in [7, 11) is 0. The topological polar surface area (TPSA) is 81.6 Å². The standard InChI is InChI=1S/C17H16N4O/c18-9-14-15(11-7-8-11)20-21-16(14)19-17(22)13-6-2-4-10-3-1-5-12(10)13/h2,4,6,11H,1,3,5,7-8H2,(H2,19,20,21,22). The van der Waals surface area contributed by atoms with Gasteiger partial charge in [-0.05, 0) is 49.3 Å². The van der Waals surface area contributed by atoms with E-state index >= 15 is 0 Å². The van der Waals surface area contributed by atoms with Crippen molar-refractivity contribution in [3.05, 3.63) is 46.1 Å². The van der Waals surface area contributed by atoms with Gasteiger partial charge in [0, 0.05) is 11.5 Å². The van der Waals surface area contributed by atoms with Crippen molar-refractivity contribution < 1.29 is 4.79 Å². The van der Waals surface area contributed by atoms with Crippen molar-refractivity contribution in [1.29, 1.82) is 5.26 Å². The number of nitrogens with one attached hydrogen (secondary N) is 2. The van der Waals surface area contributed by atoms with E-state index in [0.29, 0.717) is 22.9 Å². The van der Waals surface area contributed by atoms with Crippen molar-refractivity contribution in [2.45, 2.75) is 38.0 Å². The molecule has 0 atom stereocenters. The number of benzene rings is 1. The number of amides is 1. The van der Waals surface area contributed by atoms with Crippen LogP contribution in [0.1, 0.15) is 57.9 Å². The number of fused-ring (bicyclic) bond motifs is 1. The Hall–Kier alpha value is -2.61. The van der Waals surface area contributed by atoms with Gasteiger partial charge in [0.05, 0.1) is 5.69 Å². The van der Waals surface area contributed by atoms with E-state index < -0.39 is 0 Å². The zero-order valence-electron chi connectivity index (χ0n) is 12.1. The second kappa shape index (κ2) is 4.99. The normalized spacial score (nSPS) is 16.1. The van der Waals surface area contributed by atoms with Gasteiger partial charge in [0.25, 0.3) is 5.91 Å². The number of aryl methyl sites for hydroxylation is 1. The first-order valence-electron chi connectivity index (χ1n) is 7.68. The predicted octanol–water partition coefficient (Wildman–Crippen LogP) is 2.90. The van der Waals surface area contributed by atoms with E-state index in [2.05, 4.69) is 27.6 Å². The minimum absolute atomic E-state index is 0.177. The fourth-order valence-electron chi connectivity index (χ4n) is 3.23. The quantitative estimate of drug-likeness (QED) is 0.912. The Labute approximate surface area is 128 Å². The Morgan fingerprint density at radius 3 is 3.00 bits per heavy atom. The van der Waals surface area contributed by atoms with Crippen molar-refractivity contribution in [2.75, 3.05) is 5.32 Å².